The summed E-state index contributed by atoms with van der Waals surface area (Å²) in [5.41, 5.74) is -0.914. The molecule has 0 spiro atoms. The Morgan fingerprint density at radius 1 is 1.75 bits per heavy atom. The summed E-state index contributed by atoms with van der Waals surface area (Å²) in [5.74, 6) is -0.410. The van der Waals surface area contributed by atoms with Gasteiger partial charge in [0.2, 0.25) is 0 Å². The first kappa shape index (κ1) is 11.0. The molecule has 0 aromatic carbocycles. The van der Waals surface area contributed by atoms with Crippen molar-refractivity contribution in [3.63, 3.8) is 0 Å². The molecule has 1 saturated heterocycles. The molecule has 0 radical (unpaired) electrons. The molecule has 1 aromatic heterocycles. The smallest absolute Gasteiger partial charge is 0.312 e. The van der Waals surface area contributed by atoms with E-state index in [4.69, 9.17) is 4.74 Å². The van der Waals surface area contributed by atoms with Crippen molar-refractivity contribution in [2.45, 2.75) is 25.9 Å². The summed E-state index contributed by atoms with van der Waals surface area (Å²) in [6.45, 7) is 2.24. The molecular weight excluding hydrogens is 212 g/mol. The molecule has 88 valence electrons. The van der Waals surface area contributed by atoms with Crippen molar-refractivity contribution in [3.8, 4) is 0 Å². The summed E-state index contributed by atoms with van der Waals surface area (Å²) in [5, 5.41) is 20.9. The number of ether oxygens (including phenoxy) is 1. The van der Waals surface area contributed by atoms with Crippen LogP contribution in [0.2, 0.25) is 0 Å². The quantitative estimate of drug-likeness (QED) is 0.756. The fourth-order valence-electron chi connectivity index (χ4n) is 2.05. The van der Waals surface area contributed by atoms with Gasteiger partial charge in [-0.3, -0.25) is 4.79 Å². The minimum Gasteiger partial charge on any atom is -0.481 e. The molecule has 1 aliphatic rings. The molecule has 2 unspecified atom stereocenters. The van der Waals surface area contributed by atoms with Gasteiger partial charge < -0.3 is 9.84 Å². The molecule has 7 heteroatoms. The van der Waals surface area contributed by atoms with Crippen LogP contribution in [0.25, 0.3) is 0 Å². The summed E-state index contributed by atoms with van der Waals surface area (Å²) >= 11 is 0. The van der Waals surface area contributed by atoms with Crippen LogP contribution in [0.4, 0.5) is 0 Å². The number of hydrogen-bond acceptors (Lipinski definition) is 5. The van der Waals surface area contributed by atoms with Gasteiger partial charge in [-0.1, -0.05) is 0 Å². The van der Waals surface area contributed by atoms with Crippen molar-refractivity contribution in [2.24, 2.45) is 12.5 Å². The highest BCUT2D eigenvalue weighted by Gasteiger charge is 2.49. The van der Waals surface area contributed by atoms with Crippen LogP contribution in [-0.4, -0.2) is 44.0 Å². The molecule has 7 nitrogen and oxygen atoms in total. The lowest BCUT2D eigenvalue weighted by Crippen LogP contribution is -2.39. The van der Waals surface area contributed by atoms with Crippen molar-refractivity contribution < 1.29 is 14.6 Å². The maximum atomic E-state index is 11.4. The predicted molar refractivity (Wildman–Crippen MR) is 52.6 cm³/mol. The van der Waals surface area contributed by atoms with Crippen molar-refractivity contribution in [1.82, 2.24) is 20.2 Å². The number of rotatable bonds is 3. The summed E-state index contributed by atoms with van der Waals surface area (Å²) in [7, 11) is 1.65. The minimum absolute atomic E-state index is 0.261. The molecule has 2 heterocycles. The van der Waals surface area contributed by atoms with Gasteiger partial charge in [-0.05, 0) is 18.6 Å². The lowest BCUT2D eigenvalue weighted by Gasteiger charge is -2.25. The molecule has 2 rings (SSSR count). The van der Waals surface area contributed by atoms with Crippen LogP contribution in [0.1, 0.15) is 19.2 Å². The van der Waals surface area contributed by atoms with E-state index in [1.165, 1.54) is 4.80 Å². The number of carbonyl (C=O) groups is 1. The van der Waals surface area contributed by atoms with E-state index in [0.717, 1.165) is 0 Å². The molecule has 16 heavy (non-hydrogen) atoms. The van der Waals surface area contributed by atoms with Crippen LogP contribution in [0, 0.1) is 5.41 Å². The van der Waals surface area contributed by atoms with E-state index >= 15 is 0 Å². The molecule has 0 amide bonds. The Hall–Kier alpha value is -1.50. The van der Waals surface area contributed by atoms with Gasteiger partial charge in [0.1, 0.15) is 5.41 Å². The Morgan fingerprint density at radius 3 is 2.94 bits per heavy atom. The average Bonchev–Trinajstić information content (AvgIpc) is 2.76. The number of aryl methyl sites for hydroxylation is 1. The van der Waals surface area contributed by atoms with Crippen LogP contribution in [-0.2, 0) is 23.0 Å². The Labute approximate surface area is 92.4 Å². The second kappa shape index (κ2) is 3.82. The number of carboxylic acids is 1. The van der Waals surface area contributed by atoms with Crippen LogP contribution in [0.5, 0.6) is 0 Å². The Morgan fingerprint density at radius 2 is 2.50 bits per heavy atom. The monoisotopic (exact) mass is 226 g/mol. The predicted octanol–water partition coefficient (Wildman–Crippen LogP) is -0.368. The first-order chi connectivity index (χ1) is 7.54. The number of aromatic nitrogens is 4. The van der Waals surface area contributed by atoms with Gasteiger partial charge in [0.25, 0.3) is 0 Å². The van der Waals surface area contributed by atoms with Crippen LogP contribution in [0.3, 0.4) is 0 Å². The molecule has 1 aliphatic heterocycles. The maximum Gasteiger partial charge on any atom is 0.312 e. The van der Waals surface area contributed by atoms with E-state index in [9.17, 15) is 9.90 Å². The largest absolute Gasteiger partial charge is 0.481 e. The van der Waals surface area contributed by atoms with E-state index in [2.05, 4.69) is 15.4 Å². The highest BCUT2D eigenvalue weighted by molar-refractivity contribution is 5.76. The molecule has 2 atom stereocenters. The first-order valence-electron chi connectivity index (χ1n) is 5.12. The zero-order chi connectivity index (χ0) is 11.8. The van der Waals surface area contributed by atoms with Gasteiger partial charge in [-0.2, -0.15) is 4.80 Å². The van der Waals surface area contributed by atoms with Gasteiger partial charge in [-0.15, -0.1) is 10.2 Å². The molecular formula is C9H14N4O3. The first-order valence-corrected chi connectivity index (χ1v) is 5.12. The number of aliphatic carboxylic acids is 1. The highest BCUT2D eigenvalue weighted by atomic mass is 16.5. The third kappa shape index (κ3) is 1.67. The van der Waals surface area contributed by atoms with E-state index in [1.54, 1.807) is 14.0 Å². The standard InChI is InChI=1S/C9H14N4O3/c1-6-9(8(14)15,3-4-16-6)5-7-10-12-13(2)11-7/h6H,3-5H2,1-2H3,(H,14,15). The Kier molecular flexibility index (Phi) is 2.63. The average molecular weight is 226 g/mol. The Balaban J connectivity index is 2.24. The van der Waals surface area contributed by atoms with Gasteiger partial charge in [0.15, 0.2) is 5.82 Å². The van der Waals surface area contributed by atoms with Crippen molar-refractivity contribution in [2.75, 3.05) is 6.61 Å². The topological polar surface area (TPSA) is 90.1 Å². The Bertz CT molecular complexity index is 405. The second-order valence-electron chi connectivity index (χ2n) is 4.10. The maximum absolute atomic E-state index is 11.4. The second-order valence-corrected chi connectivity index (χ2v) is 4.10. The SMILES string of the molecule is CC1OCCC1(Cc1nnn(C)n1)C(=O)O. The van der Waals surface area contributed by atoms with E-state index in [1.807, 2.05) is 0 Å². The van der Waals surface area contributed by atoms with Crippen molar-refractivity contribution in [3.05, 3.63) is 5.82 Å². The van der Waals surface area contributed by atoms with Crippen LogP contribution in [0.15, 0.2) is 0 Å². The molecule has 1 aromatic rings. The zero-order valence-electron chi connectivity index (χ0n) is 9.25. The number of hydrogen-bond donors (Lipinski definition) is 1. The van der Waals surface area contributed by atoms with Gasteiger partial charge in [0.05, 0.1) is 13.2 Å². The fourth-order valence-corrected chi connectivity index (χ4v) is 2.05. The van der Waals surface area contributed by atoms with Crippen LogP contribution >= 0.6 is 0 Å². The summed E-state index contributed by atoms with van der Waals surface area (Å²) in [4.78, 5) is 12.7. The van der Waals surface area contributed by atoms with Crippen molar-refractivity contribution in [1.29, 1.82) is 0 Å². The molecule has 0 bridgehead atoms. The minimum atomic E-state index is -0.914. The lowest BCUT2D eigenvalue weighted by atomic mass is 9.78. The third-order valence-corrected chi connectivity index (χ3v) is 3.14. The van der Waals surface area contributed by atoms with E-state index in [-0.39, 0.29) is 12.5 Å². The van der Waals surface area contributed by atoms with Gasteiger partial charge in [0, 0.05) is 13.0 Å². The van der Waals surface area contributed by atoms with Crippen molar-refractivity contribution >= 4 is 5.97 Å². The number of tetrazole rings is 1. The van der Waals surface area contributed by atoms with Gasteiger partial charge in [-0.25, -0.2) is 0 Å². The van der Waals surface area contributed by atoms with Gasteiger partial charge >= 0.3 is 5.97 Å². The molecule has 1 N–H and O–H groups in total. The third-order valence-electron chi connectivity index (χ3n) is 3.14. The van der Waals surface area contributed by atoms with E-state index in [0.29, 0.717) is 18.9 Å². The van der Waals surface area contributed by atoms with E-state index < -0.39 is 11.4 Å². The molecule has 1 fully saturated rings. The fraction of sp³-hybridized carbons (Fsp3) is 0.778. The normalized spacial score (nSPS) is 29.5. The zero-order valence-corrected chi connectivity index (χ0v) is 9.25. The molecule has 0 saturated carbocycles. The van der Waals surface area contributed by atoms with Crippen LogP contribution < -0.4 is 0 Å². The summed E-state index contributed by atoms with van der Waals surface area (Å²) < 4.78 is 5.35. The number of carboxylic acid groups (broad SMARTS) is 1. The number of nitrogens with zero attached hydrogens (tertiary/aromatic N) is 4. The molecule has 0 aliphatic carbocycles. The highest BCUT2D eigenvalue weighted by Crippen LogP contribution is 2.37. The lowest BCUT2D eigenvalue weighted by molar-refractivity contribution is -0.152. The summed E-state index contributed by atoms with van der Waals surface area (Å²) in [6.07, 6.45) is 0.424. The summed E-state index contributed by atoms with van der Waals surface area (Å²) in [6, 6.07) is 0.